The van der Waals surface area contributed by atoms with Crippen LogP contribution in [0.3, 0.4) is 0 Å². The zero-order chi connectivity index (χ0) is 34.1. The Labute approximate surface area is 292 Å². The number of hydrogen-bond donors (Lipinski definition) is 1. The number of methoxy groups -OCH3 is 1. The molecule has 5 rings (SSSR count). The highest BCUT2D eigenvalue weighted by atomic mass is 35.5. The topological polar surface area (TPSA) is 96.0 Å². The molecule has 0 spiro atoms. The average Bonchev–Trinajstić information content (AvgIpc) is 3.11. The molecular weight excluding hydrogens is 669 g/mol. The highest BCUT2D eigenvalue weighted by Crippen LogP contribution is 2.28. The van der Waals surface area contributed by atoms with Gasteiger partial charge in [-0.2, -0.15) is 0 Å². The summed E-state index contributed by atoms with van der Waals surface area (Å²) in [5.74, 6) is -0.317. The molecule has 0 saturated heterocycles. The van der Waals surface area contributed by atoms with E-state index in [0.717, 1.165) is 42.0 Å². The fourth-order valence-corrected chi connectivity index (χ4v) is 7.69. The Hall–Kier alpha value is -4.05. The molecule has 4 aromatic carbocycles. The quantitative estimate of drug-likeness (QED) is 0.158. The second-order valence-electron chi connectivity index (χ2n) is 11.8. The maximum atomic E-state index is 14.7. The van der Waals surface area contributed by atoms with Gasteiger partial charge in [0, 0.05) is 19.0 Å². The van der Waals surface area contributed by atoms with Crippen molar-refractivity contribution in [3.05, 3.63) is 124 Å². The average molecular weight is 709 g/mol. The molecule has 8 nitrogen and oxygen atoms in total. The molecule has 252 valence electrons. The van der Waals surface area contributed by atoms with E-state index in [4.69, 9.17) is 27.9 Å². The highest BCUT2D eigenvalue weighted by Gasteiger charge is 2.35. The van der Waals surface area contributed by atoms with E-state index < -0.39 is 28.5 Å². The minimum atomic E-state index is -4.21. The first-order valence-electron chi connectivity index (χ1n) is 16.0. The fraction of sp³-hybridized carbons (Fsp3) is 0.297. The predicted molar refractivity (Wildman–Crippen MR) is 190 cm³/mol. The summed E-state index contributed by atoms with van der Waals surface area (Å²) in [6.45, 7) is -0.569. The summed E-state index contributed by atoms with van der Waals surface area (Å²) >= 11 is 12.6. The van der Waals surface area contributed by atoms with Gasteiger partial charge in [0.15, 0.2) is 0 Å². The molecule has 1 aliphatic carbocycles. The van der Waals surface area contributed by atoms with Crippen LogP contribution in [0.15, 0.2) is 108 Å². The van der Waals surface area contributed by atoms with Gasteiger partial charge in [-0.15, -0.1) is 0 Å². The molecular formula is C37H39Cl2N3O5S. The third kappa shape index (κ3) is 8.89. The first-order chi connectivity index (χ1) is 23.2. The van der Waals surface area contributed by atoms with Crippen molar-refractivity contribution < 1.29 is 22.7 Å². The lowest BCUT2D eigenvalue weighted by atomic mass is 9.94. The van der Waals surface area contributed by atoms with Crippen LogP contribution in [0.1, 0.15) is 43.2 Å². The number of nitrogens with zero attached hydrogens (tertiary/aromatic N) is 2. The van der Waals surface area contributed by atoms with Crippen LogP contribution < -0.4 is 14.4 Å². The number of carbonyl (C=O) groups excluding carboxylic acids is 2. The van der Waals surface area contributed by atoms with Crippen molar-refractivity contribution in [2.75, 3.05) is 18.0 Å². The van der Waals surface area contributed by atoms with Crippen LogP contribution in [-0.2, 0) is 32.6 Å². The molecule has 0 aliphatic heterocycles. The minimum absolute atomic E-state index is 0.000655. The number of sulfonamides is 1. The second kappa shape index (κ2) is 16.4. The van der Waals surface area contributed by atoms with Gasteiger partial charge in [0.1, 0.15) is 18.3 Å². The number of carbonyl (C=O) groups is 2. The second-order valence-corrected chi connectivity index (χ2v) is 14.5. The van der Waals surface area contributed by atoms with E-state index in [2.05, 4.69) is 5.32 Å². The number of halogens is 2. The van der Waals surface area contributed by atoms with E-state index in [1.165, 1.54) is 24.1 Å². The normalized spacial score (nSPS) is 14.1. The lowest BCUT2D eigenvalue weighted by molar-refractivity contribution is -0.140. The number of nitrogens with one attached hydrogen (secondary N) is 1. The van der Waals surface area contributed by atoms with Crippen LogP contribution >= 0.6 is 23.2 Å². The summed E-state index contributed by atoms with van der Waals surface area (Å²) in [4.78, 5) is 30.4. The van der Waals surface area contributed by atoms with Gasteiger partial charge < -0.3 is 15.0 Å². The van der Waals surface area contributed by atoms with Gasteiger partial charge in [0.05, 0.1) is 27.7 Å². The van der Waals surface area contributed by atoms with Crippen molar-refractivity contribution in [2.24, 2.45) is 0 Å². The number of rotatable bonds is 13. The smallest absolute Gasteiger partial charge is 0.264 e. The Kier molecular flexibility index (Phi) is 12.0. The largest absolute Gasteiger partial charge is 0.497 e. The number of amides is 2. The predicted octanol–water partition coefficient (Wildman–Crippen LogP) is 7.29. The third-order valence-corrected chi connectivity index (χ3v) is 11.1. The van der Waals surface area contributed by atoms with Crippen LogP contribution in [0, 0.1) is 0 Å². The lowest BCUT2D eigenvalue weighted by Gasteiger charge is -2.35. The van der Waals surface area contributed by atoms with Gasteiger partial charge in [-0.1, -0.05) is 97.1 Å². The van der Waals surface area contributed by atoms with Gasteiger partial charge in [-0.3, -0.25) is 13.9 Å². The Balaban J connectivity index is 1.57. The number of hydrogen-bond acceptors (Lipinski definition) is 5. The molecule has 1 fully saturated rings. The molecule has 0 aromatic heterocycles. The molecule has 1 atom stereocenters. The summed E-state index contributed by atoms with van der Waals surface area (Å²) in [5.41, 5.74) is 1.77. The van der Waals surface area contributed by atoms with Crippen LogP contribution in [0.2, 0.25) is 10.0 Å². The van der Waals surface area contributed by atoms with Crippen molar-refractivity contribution in [3.63, 3.8) is 0 Å². The Morgan fingerprint density at radius 3 is 2.10 bits per heavy atom. The summed E-state index contributed by atoms with van der Waals surface area (Å²) in [6, 6.07) is 28.0. The molecule has 11 heteroatoms. The van der Waals surface area contributed by atoms with E-state index in [0.29, 0.717) is 21.4 Å². The minimum Gasteiger partial charge on any atom is -0.497 e. The van der Waals surface area contributed by atoms with Gasteiger partial charge in [-0.25, -0.2) is 8.42 Å². The van der Waals surface area contributed by atoms with Crippen molar-refractivity contribution >= 4 is 50.7 Å². The van der Waals surface area contributed by atoms with Gasteiger partial charge in [0.2, 0.25) is 11.8 Å². The SMILES string of the molecule is COc1ccc(N(CC(=O)N(Cc2ccc(Cl)c(Cl)c2)C(Cc2ccccc2)C(=O)NC2CCCCC2)S(=O)(=O)c2ccccc2)cc1. The van der Waals surface area contributed by atoms with E-state index >= 15 is 0 Å². The molecule has 2 amide bonds. The Bertz CT molecular complexity index is 1790. The van der Waals surface area contributed by atoms with E-state index in [1.807, 2.05) is 30.3 Å². The molecule has 1 N–H and O–H groups in total. The Morgan fingerprint density at radius 2 is 1.48 bits per heavy atom. The van der Waals surface area contributed by atoms with E-state index in [-0.39, 0.29) is 35.5 Å². The lowest BCUT2D eigenvalue weighted by Crippen LogP contribution is -2.55. The van der Waals surface area contributed by atoms with Crippen molar-refractivity contribution in [1.29, 1.82) is 0 Å². The summed E-state index contributed by atoms with van der Waals surface area (Å²) < 4.78 is 34.7. The van der Waals surface area contributed by atoms with Crippen molar-refractivity contribution in [3.8, 4) is 5.75 Å². The maximum Gasteiger partial charge on any atom is 0.264 e. The standard InChI is InChI=1S/C37H39Cl2N3O5S/c1-47-31-20-18-30(19-21-31)42(48(45,46)32-15-9-4-10-16-32)26-36(43)41(25-28-17-22-33(38)34(39)23-28)35(24-27-11-5-2-6-12-27)37(44)40-29-13-7-3-8-14-29/h2,4-6,9-12,15-23,29,35H,3,7-8,13-14,24-26H2,1H3,(H,40,44). The van der Waals surface area contributed by atoms with E-state index in [1.54, 1.807) is 60.7 Å². The first-order valence-corrected chi connectivity index (χ1v) is 18.1. The van der Waals surface area contributed by atoms with Gasteiger partial charge in [-0.05, 0) is 72.5 Å². The number of ether oxygens (including phenoxy) is 1. The van der Waals surface area contributed by atoms with E-state index in [9.17, 15) is 18.0 Å². The Morgan fingerprint density at radius 1 is 0.833 bits per heavy atom. The van der Waals surface area contributed by atoms with Crippen LogP contribution in [-0.4, -0.2) is 50.9 Å². The first kappa shape index (κ1) is 35.3. The molecule has 1 saturated carbocycles. The molecule has 1 aliphatic rings. The molecule has 0 bridgehead atoms. The third-order valence-electron chi connectivity index (χ3n) is 8.53. The molecule has 0 radical (unpaired) electrons. The van der Waals surface area contributed by atoms with Crippen molar-refractivity contribution in [1.82, 2.24) is 10.2 Å². The van der Waals surface area contributed by atoms with Crippen molar-refractivity contribution in [2.45, 2.75) is 62.0 Å². The molecule has 4 aromatic rings. The number of anilines is 1. The fourth-order valence-electron chi connectivity index (χ4n) is 5.93. The monoisotopic (exact) mass is 707 g/mol. The molecule has 1 unspecified atom stereocenters. The summed E-state index contributed by atoms with van der Waals surface area (Å²) in [7, 11) is -2.69. The van der Waals surface area contributed by atoms with Crippen LogP contribution in [0.4, 0.5) is 5.69 Å². The molecule has 0 heterocycles. The zero-order valence-electron chi connectivity index (χ0n) is 26.7. The highest BCUT2D eigenvalue weighted by molar-refractivity contribution is 7.92. The summed E-state index contributed by atoms with van der Waals surface area (Å²) in [5, 5.41) is 3.87. The number of benzene rings is 4. The summed E-state index contributed by atoms with van der Waals surface area (Å²) in [6.07, 6.45) is 5.12. The maximum absolute atomic E-state index is 14.7. The van der Waals surface area contributed by atoms with Gasteiger partial charge >= 0.3 is 0 Å². The molecule has 48 heavy (non-hydrogen) atoms. The van der Waals surface area contributed by atoms with Gasteiger partial charge in [0.25, 0.3) is 10.0 Å². The zero-order valence-corrected chi connectivity index (χ0v) is 29.1. The van der Waals surface area contributed by atoms with Crippen LogP contribution in [0.25, 0.3) is 0 Å². The van der Waals surface area contributed by atoms with Crippen LogP contribution in [0.5, 0.6) is 5.75 Å².